The molecule has 13 heteroatoms. The maximum absolute atomic E-state index is 13.3. The van der Waals surface area contributed by atoms with E-state index < -0.39 is 17.8 Å². The van der Waals surface area contributed by atoms with Crippen LogP contribution in [0.25, 0.3) is 44.7 Å². The van der Waals surface area contributed by atoms with Crippen LogP contribution in [0.2, 0.25) is 10.0 Å². The number of aliphatic hydroxyl groups excluding tert-OH is 1. The highest BCUT2D eigenvalue weighted by Crippen LogP contribution is 2.42. The molecule has 5 aromatic rings. The fourth-order valence-corrected chi connectivity index (χ4v) is 7.32. The maximum atomic E-state index is 13.3. The molecule has 0 saturated carbocycles. The van der Waals surface area contributed by atoms with Gasteiger partial charge in [0.15, 0.2) is 0 Å². The Morgan fingerprint density at radius 3 is 2.56 bits per heavy atom. The van der Waals surface area contributed by atoms with Gasteiger partial charge in [-0.3, -0.25) is 9.78 Å². The summed E-state index contributed by atoms with van der Waals surface area (Å²) in [5.41, 5.74) is 6.16. The van der Waals surface area contributed by atoms with Gasteiger partial charge in [0.25, 0.3) is 0 Å². The standard InChI is InChI=1S/C41H46Cl2N6O5/c1-24(50)19-44-20-27-21-48(5)39-29(27)13-14-33(47-39)32-9-7-8-30(36(32)42)31-16-17-45-38(37(31)43)25-10-11-26(34(18-25)53-6)22-49(40(52)54-41(2,3)4)23-28-12-15-35(51)46-28/h7-11,13-14,16-18,21,24,28,44,50H,12,15,19-20,22-23H2,1-6H3,(H,46,51)/t24?,28-/m0/s1. The largest absolute Gasteiger partial charge is 0.496 e. The predicted molar refractivity (Wildman–Crippen MR) is 213 cm³/mol. The van der Waals surface area contributed by atoms with Gasteiger partial charge in [0.1, 0.15) is 17.0 Å². The van der Waals surface area contributed by atoms with Crippen molar-refractivity contribution in [1.29, 1.82) is 0 Å². The molecule has 2 amide bonds. The van der Waals surface area contributed by atoms with E-state index in [9.17, 15) is 14.7 Å². The molecule has 1 aliphatic heterocycles. The van der Waals surface area contributed by atoms with E-state index in [1.165, 1.54) is 0 Å². The van der Waals surface area contributed by atoms with Gasteiger partial charge >= 0.3 is 6.09 Å². The van der Waals surface area contributed by atoms with Gasteiger partial charge < -0.3 is 34.7 Å². The lowest BCUT2D eigenvalue weighted by Crippen LogP contribution is -2.43. The Kier molecular flexibility index (Phi) is 11.8. The highest BCUT2D eigenvalue weighted by atomic mass is 35.5. The van der Waals surface area contributed by atoms with E-state index in [1.54, 1.807) is 25.1 Å². The summed E-state index contributed by atoms with van der Waals surface area (Å²) in [5.74, 6) is 0.521. The normalized spacial score (nSPS) is 15.0. The molecule has 4 heterocycles. The van der Waals surface area contributed by atoms with E-state index in [1.807, 2.05) is 93.2 Å². The summed E-state index contributed by atoms with van der Waals surface area (Å²) < 4.78 is 13.5. The van der Waals surface area contributed by atoms with E-state index in [0.717, 1.165) is 44.5 Å². The minimum atomic E-state index is -0.688. The predicted octanol–water partition coefficient (Wildman–Crippen LogP) is 7.77. The number of carbonyl (C=O) groups is 2. The average Bonchev–Trinajstić information content (AvgIpc) is 3.68. The molecule has 54 heavy (non-hydrogen) atoms. The Morgan fingerprint density at radius 2 is 1.85 bits per heavy atom. The Labute approximate surface area is 325 Å². The number of pyridine rings is 2. The van der Waals surface area contributed by atoms with Crippen molar-refractivity contribution in [3.63, 3.8) is 0 Å². The number of nitrogens with one attached hydrogen (secondary N) is 2. The number of rotatable bonds is 12. The summed E-state index contributed by atoms with van der Waals surface area (Å²) in [6.45, 7) is 8.84. The quantitative estimate of drug-likeness (QED) is 0.117. The van der Waals surface area contributed by atoms with Gasteiger partial charge in [0.2, 0.25) is 5.91 Å². The molecule has 11 nitrogen and oxygen atoms in total. The Hall–Kier alpha value is -4.68. The minimum absolute atomic E-state index is 0.0242. The number of aliphatic hydroxyl groups is 1. The van der Waals surface area contributed by atoms with Crippen LogP contribution in [0.5, 0.6) is 5.75 Å². The molecule has 3 N–H and O–H groups in total. The summed E-state index contributed by atoms with van der Waals surface area (Å²) in [6, 6.07) is 17.1. The number of aryl methyl sites for hydroxylation is 1. The molecule has 1 aliphatic rings. The Morgan fingerprint density at radius 1 is 1.09 bits per heavy atom. The average molecular weight is 774 g/mol. The SMILES string of the molecule is COc1cc(-c2nccc(-c3cccc(-c4ccc5c(CNCC(C)O)cn(C)c5n4)c3Cl)c2Cl)ccc1CN(C[C@@H]1CCC(=O)N1)C(=O)OC(C)(C)C. The van der Waals surface area contributed by atoms with Gasteiger partial charge in [-0.1, -0.05) is 53.5 Å². The van der Waals surface area contributed by atoms with Crippen molar-refractivity contribution < 1.29 is 24.2 Å². The fraction of sp³-hybridized carbons (Fsp3) is 0.366. The minimum Gasteiger partial charge on any atom is -0.496 e. The van der Waals surface area contributed by atoms with Crippen molar-refractivity contribution in [1.82, 2.24) is 30.1 Å². The van der Waals surface area contributed by atoms with Gasteiger partial charge in [-0.25, -0.2) is 9.78 Å². The van der Waals surface area contributed by atoms with Crippen LogP contribution in [0.15, 0.2) is 67.0 Å². The third-order valence-electron chi connectivity index (χ3n) is 9.21. The molecule has 0 radical (unpaired) electrons. The molecular weight excluding hydrogens is 727 g/mol. The first kappa shape index (κ1) is 39.0. The molecule has 1 fully saturated rings. The smallest absolute Gasteiger partial charge is 0.410 e. The molecule has 6 rings (SSSR count). The second-order valence-electron chi connectivity index (χ2n) is 14.7. The number of nitrogens with zero attached hydrogens (tertiary/aromatic N) is 4. The Balaban J connectivity index is 1.28. The van der Waals surface area contributed by atoms with Crippen LogP contribution in [-0.2, 0) is 29.7 Å². The molecule has 3 aromatic heterocycles. The molecular formula is C41H46Cl2N6O5. The zero-order chi connectivity index (χ0) is 38.7. The second-order valence-corrected chi connectivity index (χ2v) is 15.4. The van der Waals surface area contributed by atoms with Crippen LogP contribution in [0, 0.1) is 0 Å². The van der Waals surface area contributed by atoms with Crippen molar-refractivity contribution in [3.8, 4) is 39.4 Å². The number of benzene rings is 2. The van der Waals surface area contributed by atoms with Gasteiger partial charge in [-0.15, -0.1) is 0 Å². The van der Waals surface area contributed by atoms with Gasteiger partial charge in [-0.2, -0.15) is 0 Å². The summed E-state index contributed by atoms with van der Waals surface area (Å²) in [4.78, 5) is 36.4. The lowest BCUT2D eigenvalue weighted by Gasteiger charge is -2.29. The Bertz CT molecular complexity index is 2180. The number of amides is 2. The van der Waals surface area contributed by atoms with Crippen molar-refractivity contribution in [3.05, 3.63) is 88.2 Å². The topological polar surface area (TPSA) is 131 Å². The van der Waals surface area contributed by atoms with E-state index in [4.69, 9.17) is 37.7 Å². The second kappa shape index (κ2) is 16.4. The molecule has 0 aliphatic carbocycles. The van der Waals surface area contributed by atoms with E-state index >= 15 is 0 Å². The van der Waals surface area contributed by atoms with Gasteiger partial charge in [-0.05, 0) is 63.9 Å². The number of aromatic nitrogens is 3. The number of methoxy groups -OCH3 is 1. The number of fused-ring (bicyclic) bond motifs is 1. The van der Waals surface area contributed by atoms with Crippen molar-refractivity contribution in [2.45, 2.75) is 71.4 Å². The lowest BCUT2D eigenvalue weighted by atomic mass is 9.99. The third kappa shape index (κ3) is 8.81. The number of hydrogen-bond donors (Lipinski definition) is 3. The molecule has 2 atom stereocenters. The first-order valence-electron chi connectivity index (χ1n) is 17.9. The molecule has 284 valence electrons. The summed E-state index contributed by atoms with van der Waals surface area (Å²) in [6.07, 6.45) is 3.91. The number of halogens is 2. The molecule has 0 spiro atoms. The monoisotopic (exact) mass is 772 g/mol. The zero-order valence-electron chi connectivity index (χ0n) is 31.4. The number of hydrogen-bond acceptors (Lipinski definition) is 8. The zero-order valence-corrected chi connectivity index (χ0v) is 32.9. The van der Waals surface area contributed by atoms with Crippen LogP contribution in [0.1, 0.15) is 51.7 Å². The summed E-state index contributed by atoms with van der Waals surface area (Å²) in [5, 5.41) is 17.8. The third-order valence-corrected chi connectivity index (χ3v) is 10.0. The summed E-state index contributed by atoms with van der Waals surface area (Å²) in [7, 11) is 3.54. The van der Waals surface area contributed by atoms with Gasteiger partial charge in [0, 0.05) is 84.7 Å². The molecule has 1 unspecified atom stereocenters. The van der Waals surface area contributed by atoms with Crippen molar-refractivity contribution in [2.75, 3.05) is 20.2 Å². The van der Waals surface area contributed by atoms with Crippen LogP contribution >= 0.6 is 23.2 Å². The molecule has 0 bridgehead atoms. The first-order chi connectivity index (χ1) is 25.7. The van der Waals surface area contributed by atoms with Crippen LogP contribution < -0.4 is 15.4 Å². The van der Waals surface area contributed by atoms with Crippen LogP contribution in [-0.4, -0.2) is 74.5 Å². The van der Waals surface area contributed by atoms with Crippen molar-refractivity contribution in [2.24, 2.45) is 7.05 Å². The van der Waals surface area contributed by atoms with E-state index in [0.29, 0.717) is 59.5 Å². The highest BCUT2D eigenvalue weighted by Gasteiger charge is 2.29. The molecule has 1 saturated heterocycles. The van der Waals surface area contributed by atoms with E-state index in [-0.39, 0.29) is 18.5 Å². The molecule has 2 aromatic carbocycles. The van der Waals surface area contributed by atoms with Crippen LogP contribution in [0.4, 0.5) is 4.79 Å². The number of carbonyl (C=O) groups excluding carboxylic acids is 2. The fourth-order valence-electron chi connectivity index (χ4n) is 6.67. The van der Waals surface area contributed by atoms with Gasteiger partial charge in [0.05, 0.1) is 41.2 Å². The number of ether oxygens (including phenoxy) is 2. The lowest BCUT2D eigenvalue weighted by molar-refractivity contribution is -0.119. The van der Waals surface area contributed by atoms with Crippen LogP contribution in [0.3, 0.4) is 0 Å². The summed E-state index contributed by atoms with van der Waals surface area (Å²) >= 11 is 14.3. The van der Waals surface area contributed by atoms with E-state index in [2.05, 4.69) is 15.6 Å². The first-order valence-corrected chi connectivity index (χ1v) is 18.7. The van der Waals surface area contributed by atoms with Crippen molar-refractivity contribution >= 4 is 46.2 Å². The maximum Gasteiger partial charge on any atom is 0.410 e. The highest BCUT2D eigenvalue weighted by molar-refractivity contribution is 6.39.